The van der Waals surface area contributed by atoms with Crippen LogP contribution in [0.1, 0.15) is 303 Å². The van der Waals surface area contributed by atoms with E-state index in [-0.39, 0.29) is 18.5 Å². The van der Waals surface area contributed by atoms with Gasteiger partial charge in [0.2, 0.25) is 5.91 Å². The van der Waals surface area contributed by atoms with E-state index in [2.05, 4.69) is 67.8 Å². The predicted octanol–water partition coefficient (Wildman–Crippen LogP) is 18.7. The highest BCUT2D eigenvalue weighted by atomic mass is 16.5. The molecule has 0 rings (SSSR count). The lowest BCUT2D eigenvalue weighted by Gasteiger charge is -2.20. The maximum absolute atomic E-state index is 12.5. The summed E-state index contributed by atoms with van der Waals surface area (Å²) in [6.07, 6.45) is 75.3. The second-order valence-electron chi connectivity index (χ2n) is 20.3. The maximum atomic E-state index is 12.5. The minimum atomic E-state index is -0.861. The molecule has 0 saturated heterocycles. The molecule has 0 aliphatic carbocycles. The van der Waals surface area contributed by atoms with Crippen molar-refractivity contribution >= 4 is 11.9 Å². The summed E-state index contributed by atoms with van der Waals surface area (Å²) in [5.74, 6) is -0.121. The normalized spacial score (nSPS) is 13.0. The van der Waals surface area contributed by atoms with Gasteiger partial charge in [0.15, 0.2) is 0 Å². The Hall–Kier alpha value is -2.44. The summed E-state index contributed by atoms with van der Waals surface area (Å²) in [5.41, 5.74) is 0. The zero-order valence-electron chi connectivity index (χ0n) is 45.8. The smallest absolute Gasteiger partial charge is 0.305 e. The Kier molecular flexibility index (Phi) is 56.1. The van der Waals surface area contributed by atoms with E-state index in [1.165, 1.54) is 193 Å². The van der Waals surface area contributed by atoms with Gasteiger partial charge < -0.3 is 20.3 Å². The fourth-order valence-electron chi connectivity index (χ4n) is 8.89. The van der Waals surface area contributed by atoms with Crippen LogP contribution in [0.25, 0.3) is 0 Å². The second-order valence-corrected chi connectivity index (χ2v) is 20.3. The molecule has 2 atom stereocenters. The number of carbonyl (C=O) groups is 2. The van der Waals surface area contributed by atoms with Gasteiger partial charge in [0, 0.05) is 12.8 Å². The lowest BCUT2D eigenvalue weighted by Crippen LogP contribution is -2.45. The first kappa shape index (κ1) is 66.6. The number of esters is 1. The molecule has 0 heterocycles. The molecule has 0 aromatic heterocycles. The van der Waals surface area contributed by atoms with Gasteiger partial charge in [-0.25, -0.2) is 0 Å². The van der Waals surface area contributed by atoms with Crippen LogP contribution in [0.5, 0.6) is 0 Å². The minimum absolute atomic E-state index is 0.0310. The van der Waals surface area contributed by atoms with Crippen LogP contribution in [0.4, 0.5) is 0 Å². The number of allylic oxidation sites excluding steroid dienone is 9. The van der Waals surface area contributed by atoms with Crippen LogP contribution in [-0.4, -0.2) is 47.4 Å². The summed E-state index contributed by atoms with van der Waals surface area (Å²) in [5, 5.41) is 23.2. The summed E-state index contributed by atoms with van der Waals surface area (Å²) < 4.78 is 5.45. The Morgan fingerprint density at radius 3 is 1.22 bits per heavy atom. The fourth-order valence-corrected chi connectivity index (χ4v) is 8.89. The first-order valence-corrected chi connectivity index (χ1v) is 30.1. The van der Waals surface area contributed by atoms with Gasteiger partial charge in [0.05, 0.1) is 25.4 Å². The Labute approximate surface area is 428 Å². The first-order valence-electron chi connectivity index (χ1n) is 30.1. The minimum Gasteiger partial charge on any atom is -0.466 e. The van der Waals surface area contributed by atoms with E-state index in [1.54, 1.807) is 6.08 Å². The molecule has 6 nitrogen and oxygen atoms in total. The lowest BCUT2D eigenvalue weighted by molar-refractivity contribution is -0.143. The number of carbonyl (C=O) groups excluding carboxylic acids is 2. The van der Waals surface area contributed by atoms with Gasteiger partial charge in [-0.1, -0.05) is 254 Å². The summed E-state index contributed by atoms with van der Waals surface area (Å²) in [4.78, 5) is 24.5. The number of hydrogen-bond acceptors (Lipinski definition) is 5. The number of rotatable bonds is 55. The maximum Gasteiger partial charge on any atom is 0.305 e. The van der Waals surface area contributed by atoms with E-state index in [9.17, 15) is 19.8 Å². The number of unbranched alkanes of at least 4 members (excludes halogenated alkanes) is 37. The number of aliphatic hydroxyl groups is 2. The SMILES string of the molecule is CCCCC/C=C\C/C=C\CCCCCCCCCC(=O)OCCCCC/C=C\C=C/CCCCCCCCC(=O)NC(CO)C(O)/C=C/CCCCCCCCCCCCCCCCCCCC. The third-order valence-corrected chi connectivity index (χ3v) is 13.5. The Balaban J connectivity index is 3.55. The molecule has 0 saturated carbocycles. The van der Waals surface area contributed by atoms with Crippen molar-refractivity contribution in [3.05, 3.63) is 60.8 Å². The molecular formula is C63H115NO5. The highest BCUT2D eigenvalue weighted by Gasteiger charge is 2.18. The van der Waals surface area contributed by atoms with Crippen molar-refractivity contribution in [1.29, 1.82) is 0 Å². The predicted molar refractivity (Wildman–Crippen MR) is 301 cm³/mol. The van der Waals surface area contributed by atoms with Crippen LogP contribution < -0.4 is 5.32 Å². The zero-order valence-corrected chi connectivity index (χ0v) is 45.8. The molecule has 0 aliphatic heterocycles. The van der Waals surface area contributed by atoms with Crippen LogP contribution in [0.3, 0.4) is 0 Å². The Morgan fingerprint density at radius 2 is 0.768 bits per heavy atom. The van der Waals surface area contributed by atoms with Crippen LogP contribution in [-0.2, 0) is 14.3 Å². The molecule has 0 aromatic rings. The number of hydrogen-bond donors (Lipinski definition) is 3. The van der Waals surface area contributed by atoms with Crippen LogP contribution in [0.15, 0.2) is 60.8 Å². The topological polar surface area (TPSA) is 95.9 Å². The van der Waals surface area contributed by atoms with E-state index in [4.69, 9.17) is 4.74 Å². The van der Waals surface area contributed by atoms with E-state index in [1.807, 2.05) is 6.08 Å². The van der Waals surface area contributed by atoms with Crippen LogP contribution >= 0.6 is 0 Å². The average molecular weight is 967 g/mol. The van der Waals surface area contributed by atoms with Crippen molar-refractivity contribution in [2.24, 2.45) is 0 Å². The largest absolute Gasteiger partial charge is 0.466 e. The van der Waals surface area contributed by atoms with E-state index < -0.39 is 12.1 Å². The molecule has 0 bridgehead atoms. The first-order chi connectivity index (χ1) is 34.0. The third kappa shape index (κ3) is 54.7. The molecule has 1 amide bonds. The molecule has 2 unspecified atom stereocenters. The van der Waals surface area contributed by atoms with Crippen molar-refractivity contribution in [2.45, 2.75) is 315 Å². The van der Waals surface area contributed by atoms with Gasteiger partial charge in [0.1, 0.15) is 0 Å². The van der Waals surface area contributed by atoms with Gasteiger partial charge in [-0.05, 0) is 96.3 Å². The molecule has 0 spiro atoms. The van der Waals surface area contributed by atoms with Crippen LogP contribution in [0.2, 0.25) is 0 Å². The number of aliphatic hydroxyl groups excluding tert-OH is 2. The van der Waals surface area contributed by atoms with Gasteiger partial charge in [0.25, 0.3) is 0 Å². The number of amides is 1. The molecular weight excluding hydrogens is 851 g/mol. The lowest BCUT2D eigenvalue weighted by atomic mass is 10.0. The van der Waals surface area contributed by atoms with Gasteiger partial charge >= 0.3 is 5.97 Å². The molecule has 6 heteroatoms. The van der Waals surface area contributed by atoms with E-state index in [0.29, 0.717) is 19.4 Å². The van der Waals surface area contributed by atoms with Gasteiger partial charge in [-0.2, -0.15) is 0 Å². The summed E-state index contributed by atoms with van der Waals surface area (Å²) in [6.45, 7) is 4.82. The third-order valence-electron chi connectivity index (χ3n) is 13.5. The van der Waals surface area contributed by atoms with Gasteiger partial charge in [-0.15, -0.1) is 0 Å². The van der Waals surface area contributed by atoms with Crippen molar-refractivity contribution in [1.82, 2.24) is 5.32 Å². The molecule has 0 radical (unpaired) electrons. The average Bonchev–Trinajstić information content (AvgIpc) is 3.35. The zero-order chi connectivity index (χ0) is 50.0. The molecule has 402 valence electrons. The summed E-state index contributed by atoms with van der Waals surface area (Å²) >= 11 is 0. The molecule has 0 fully saturated rings. The summed E-state index contributed by atoms with van der Waals surface area (Å²) in [6, 6.07) is -0.647. The second kappa shape index (κ2) is 58.1. The van der Waals surface area contributed by atoms with E-state index >= 15 is 0 Å². The molecule has 69 heavy (non-hydrogen) atoms. The summed E-state index contributed by atoms with van der Waals surface area (Å²) in [7, 11) is 0. The van der Waals surface area contributed by atoms with E-state index in [0.717, 1.165) is 83.5 Å². The van der Waals surface area contributed by atoms with Crippen LogP contribution in [0, 0.1) is 0 Å². The standard InChI is InChI=1S/C63H115NO5/c1-3-5-7-9-11-13-15-17-19-21-22-23-25-27-31-35-39-43-47-51-55-61(66)60(59-65)64-62(67)56-52-48-44-40-36-32-28-26-30-34-38-42-46-50-54-58-69-63(68)57-53-49-45-41-37-33-29-24-20-18-16-14-12-10-8-6-4-2/h12,14,18,20,26,30,34,38,51,55,60-61,65-66H,3-11,13,15-17,19,21-25,27-29,31-33,35-37,39-50,52-54,56-59H2,1-2H3,(H,64,67)/b14-12-,20-18-,30-26-,38-34-,55-51+. The Bertz CT molecular complexity index is 1210. The number of ether oxygens (including phenoxy) is 1. The molecule has 0 aliphatic rings. The monoisotopic (exact) mass is 966 g/mol. The molecule has 3 N–H and O–H groups in total. The number of nitrogens with one attached hydrogen (secondary N) is 1. The van der Waals surface area contributed by atoms with Crippen molar-refractivity contribution < 1.29 is 24.5 Å². The Morgan fingerprint density at radius 1 is 0.420 bits per heavy atom. The highest BCUT2D eigenvalue weighted by molar-refractivity contribution is 5.76. The fraction of sp³-hybridized carbons (Fsp3) is 0.810. The van der Waals surface area contributed by atoms with Crippen molar-refractivity contribution in [3.8, 4) is 0 Å². The van der Waals surface area contributed by atoms with Crippen molar-refractivity contribution in [2.75, 3.05) is 13.2 Å². The quantitative estimate of drug-likeness (QED) is 0.0244. The van der Waals surface area contributed by atoms with Crippen molar-refractivity contribution in [3.63, 3.8) is 0 Å². The molecule has 0 aromatic carbocycles. The van der Waals surface area contributed by atoms with Gasteiger partial charge in [-0.3, -0.25) is 9.59 Å². The highest BCUT2D eigenvalue weighted by Crippen LogP contribution is 2.16.